The van der Waals surface area contributed by atoms with Gasteiger partial charge in [-0.15, -0.1) is 0 Å². The largest absolute Gasteiger partial charge is 0.497 e. The fourth-order valence-electron chi connectivity index (χ4n) is 4.35. The maximum absolute atomic E-state index is 13.7. The molecule has 3 aromatic carbocycles. The lowest BCUT2D eigenvalue weighted by Gasteiger charge is -2.31. The average molecular weight is 663 g/mol. The maximum Gasteiger partial charge on any atom is 0.410 e. The Labute approximate surface area is 280 Å². The summed E-state index contributed by atoms with van der Waals surface area (Å²) in [5.74, 6) is -1.80. The molecule has 0 aromatic heterocycles. The standard InChI is InChI=1S/C36H42N2O10/c1-24(47-32(40)29(38(5)35(43)48-36(2,3)4)21-25-17-19-28(44-6)20-18-25)31(37-34(42)46-22-26-13-9-7-10-14-26)33(41)45-23-30(39)27-15-11-8-12-16-27/h7-20,24,29,31H,21-23H2,1-6H3,(H,37,42)/t24-,29+,31+/m1/s1. The first-order valence-corrected chi connectivity index (χ1v) is 15.3. The predicted octanol–water partition coefficient (Wildman–Crippen LogP) is 5.13. The summed E-state index contributed by atoms with van der Waals surface area (Å²) in [5.41, 5.74) is 0.858. The van der Waals surface area contributed by atoms with Gasteiger partial charge >= 0.3 is 24.1 Å². The van der Waals surface area contributed by atoms with Gasteiger partial charge in [-0.05, 0) is 51.0 Å². The number of carbonyl (C=O) groups excluding carboxylic acids is 5. The van der Waals surface area contributed by atoms with E-state index in [1.807, 2.05) is 6.07 Å². The Hall–Kier alpha value is -5.39. The van der Waals surface area contributed by atoms with Crippen molar-refractivity contribution >= 4 is 29.9 Å². The number of rotatable bonds is 14. The highest BCUT2D eigenvalue weighted by molar-refractivity contribution is 5.98. The fraction of sp³-hybridized carbons (Fsp3) is 0.361. The highest BCUT2D eigenvalue weighted by Crippen LogP contribution is 2.19. The third kappa shape index (κ3) is 11.8. The van der Waals surface area contributed by atoms with Crippen LogP contribution in [-0.4, -0.2) is 79.4 Å². The van der Waals surface area contributed by atoms with Gasteiger partial charge in [-0.1, -0.05) is 72.8 Å². The van der Waals surface area contributed by atoms with Crippen molar-refractivity contribution in [3.63, 3.8) is 0 Å². The molecular formula is C36H42N2O10. The Bertz CT molecular complexity index is 1520. The quantitative estimate of drug-likeness (QED) is 0.140. The topological polar surface area (TPSA) is 147 Å². The van der Waals surface area contributed by atoms with Crippen molar-refractivity contribution in [2.45, 2.75) is 64.5 Å². The van der Waals surface area contributed by atoms with Crippen LogP contribution in [0, 0.1) is 0 Å². The van der Waals surface area contributed by atoms with E-state index in [1.165, 1.54) is 21.1 Å². The minimum absolute atomic E-state index is 0.0263. The molecule has 0 bridgehead atoms. The molecule has 3 atom stereocenters. The van der Waals surface area contributed by atoms with Crippen LogP contribution in [0.25, 0.3) is 0 Å². The predicted molar refractivity (Wildman–Crippen MR) is 175 cm³/mol. The Morgan fingerprint density at radius 2 is 1.40 bits per heavy atom. The summed E-state index contributed by atoms with van der Waals surface area (Å²) in [6.45, 7) is 5.73. The molecule has 0 heterocycles. The number of nitrogens with zero attached hydrogens (tertiary/aromatic N) is 1. The zero-order chi connectivity index (χ0) is 35.3. The molecule has 2 amide bonds. The van der Waals surface area contributed by atoms with Crippen molar-refractivity contribution in [2.24, 2.45) is 0 Å². The van der Waals surface area contributed by atoms with Gasteiger partial charge in [-0.3, -0.25) is 9.69 Å². The van der Waals surface area contributed by atoms with Gasteiger partial charge < -0.3 is 29.0 Å². The summed E-state index contributed by atoms with van der Waals surface area (Å²) in [6.07, 6.45) is -3.06. The molecule has 0 aliphatic heterocycles. The van der Waals surface area contributed by atoms with Crippen LogP contribution >= 0.6 is 0 Å². The highest BCUT2D eigenvalue weighted by atomic mass is 16.6. The van der Waals surface area contributed by atoms with Crippen molar-refractivity contribution in [1.82, 2.24) is 10.2 Å². The van der Waals surface area contributed by atoms with Crippen LogP contribution in [0.5, 0.6) is 5.75 Å². The number of benzene rings is 3. The lowest BCUT2D eigenvalue weighted by molar-refractivity contribution is -0.160. The molecule has 3 rings (SSSR count). The van der Waals surface area contributed by atoms with Crippen molar-refractivity contribution in [2.75, 3.05) is 20.8 Å². The normalized spacial score (nSPS) is 12.8. The number of Topliss-reactive ketones (excluding diaryl/α,β-unsaturated/α-hetero) is 1. The van der Waals surface area contributed by atoms with Crippen LogP contribution in [0.3, 0.4) is 0 Å². The van der Waals surface area contributed by atoms with E-state index in [2.05, 4.69) is 5.32 Å². The molecule has 0 radical (unpaired) electrons. The summed E-state index contributed by atoms with van der Waals surface area (Å²) in [5, 5.41) is 2.40. The number of ketones is 1. The summed E-state index contributed by atoms with van der Waals surface area (Å²) < 4.78 is 26.9. The van der Waals surface area contributed by atoms with Gasteiger partial charge in [0.25, 0.3) is 0 Å². The number of nitrogens with one attached hydrogen (secondary N) is 1. The van der Waals surface area contributed by atoms with Gasteiger partial charge in [0.1, 0.15) is 30.1 Å². The minimum atomic E-state index is -1.57. The van der Waals surface area contributed by atoms with E-state index >= 15 is 0 Å². The molecule has 0 saturated carbocycles. The maximum atomic E-state index is 13.7. The molecule has 0 aliphatic carbocycles. The molecule has 256 valence electrons. The van der Waals surface area contributed by atoms with Gasteiger partial charge in [-0.25, -0.2) is 19.2 Å². The smallest absolute Gasteiger partial charge is 0.410 e. The average Bonchev–Trinajstić information content (AvgIpc) is 3.07. The first kappa shape index (κ1) is 37.1. The van der Waals surface area contributed by atoms with Crippen LogP contribution in [-0.2, 0) is 41.6 Å². The zero-order valence-electron chi connectivity index (χ0n) is 28.0. The molecule has 12 nitrogen and oxygen atoms in total. The number of amides is 2. The molecule has 12 heteroatoms. The van der Waals surface area contributed by atoms with Crippen molar-refractivity contribution < 1.29 is 47.7 Å². The van der Waals surface area contributed by atoms with Crippen molar-refractivity contribution in [1.29, 1.82) is 0 Å². The first-order valence-electron chi connectivity index (χ1n) is 15.3. The molecule has 0 unspecified atom stereocenters. The molecular weight excluding hydrogens is 620 g/mol. The minimum Gasteiger partial charge on any atom is -0.497 e. The van der Waals surface area contributed by atoms with Crippen molar-refractivity contribution in [3.8, 4) is 5.75 Å². The summed E-state index contributed by atoms with van der Waals surface area (Å²) in [7, 11) is 2.92. The Morgan fingerprint density at radius 3 is 1.98 bits per heavy atom. The van der Waals surface area contributed by atoms with E-state index in [0.29, 0.717) is 22.4 Å². The lowest BCUT2D eigenvalue weighted by atomic mass is 10.0. The van der Waals surface area contributed by atoms with E-state index < -0.39 is 60.3 Å². The van der Waals surface area contributed by atoms with Crippen LogP contribution in [0.1, 0.15) is 49.2 Å². The van der Waals surface area contributed by atoms with Gasteiger partial charge in [0, 0.05) is 19.0 Å². The van der Waals surface area contributed by atoms with Gasteiger partial charge in [0.15, 0.2) is 18.4 Å². The van der Waals surface area contributed by atoms with Crippen LogP contribution in [0.15, 0.2) is 84.9 Å². The van der Waals surface area contributed by atoms with E-state index in [-0.39, 0.29) is 13.0 Å². The van der Waals surface area contributed by atoms with E-state index in [1.54, 1.807) is 99.6 Å². The number of ether oxygens (including phenoxy) is 5. The van der Waals surface area contributed by atoms with Crippen molar-refractivity contribution in [3.05, 3.63) is 102 Å². The second-order valence-corrected chi connectivity index (χ2v) is 11.9. The van der Waals surface area contributed by atoms with Gasteiger partial charge in [-0.2, -0.15) is 0 Å². The van der Waals surface area contributed by atoms with Crippen LogP contribution in [0.4, 0.5) is 9.59 Å². The lowest BCUT2D eigenvalue weighted by Crippen LogP contribution is -2.53. The number of methoxy groups -OCH3 is 1. The highest BCUT2D eigenvalue weighted by Gasteiger charge is 2.37. The molecule has 0 spiro atoms. The Kier molecular flexibility index (Phi) is 13.5. The summed E-state index contributed by atoms with van der Waals surface area (Å²) >= 11 is 0. The molecule has 0 fully saturated rings. The van der Waals surface area contributed by atoms with Gasteiger partial charge in [0.2, 0.25) is 0 Å². The molecule has 0 saturated heterocycles. The Morgan fingerprint density at radius 1 is 0.792 bits per heavy atom. The zero-order valence-corrected chi connectivity index (χ0v) is 28.0. The summed E-state index contributed by atoms with van der Waals surface area (Å²) in [6, 6.07) is 21.2. The number of hydrogen-bond acceptors (Lipinski definition) is 10. The third-order valence-electron chi connectivity index (χ3n) is 6.96. The second kappa shape index (κ2) is 17.5. The molecule has 3 aromatic rings. The van der Waals surface area contributed by atoms with Crippen LogP contribution < -0.4 is 10.1 Å². The monoisotopic (exact) mass is 662 g/mol. The molecule has 0 aliphatic rings. The number of carbonyl (C=O) groups is 5. The fourth-order valence-corrected chi connectivity index (χ4v) is 4.35. The number of alkyl carbamates (subject to hydrolysis) is 1. The van der Waals surface area contributed by atoms with E-state index in [0.717, 1.165) is 4.90 Å². The molecule has 48 heavy (non-hydrogen) atoms. The SMILES string of the molecule is COc1ccc(C[C@@H](C(=O)O[C@H](C)[C@H](NC(=O)OCc2ccccc2)C(=O)OCC(=O)c2ccccc2)N(C)C(=O)OC(C)(C)C)cc1. The first-order chi connectivity index (χ1) is 22.8. The van der Waals surface area contributed by atoms with Gasteiger partial charge in [0.05, 0.1) is 7.11 Å². The van der Waals surface area contributed by atoms with E-state index in [9.17, 15) is 24.0 Å². The molecule has 1 N–H and O–H groups in total. The Balaban J connectivity index is 1.81. The summed E-state index contributed by atoms with van der Waals surface area (Å²) in [4.78, 5) is 66.6. The van der Waals surface area contributed by atoms with E-state index in [4.69, 9.17) is 23.7 Å². The third-order valence-corrected chi connectivity index (χ3v) is 6.96. The van der Waals surface area contributed by atoms with Crippen LogP contribution in [0.2, 0.25) is 0 Å². The number of hydrogen-bond donors (Lipinski definition) is 1. The second-order valence-electron chi connectivity index (χ2n) is 11.9. The number of likely N-dealkylation sites (N-methyl/N-ethyl adjacent to an activating group) is 1. The number of esters is 2.